The van der Waals surface area contributed by atoms with Gasteiger partial charge in [-0.1, -0.05) is 39.0 Å². The summed E-state index contributed by atoms with van der Waals surface area (Å²) in [7, 11) is 0. The van der Waals surface area contributed by atoms with Gasteiger partial charge in [-0.25, -0.2) is 4.79 Å². The summed E-state index contributed by atoms with van der Waals surface area (Å²) in [5.41, 5.74) is 2.01. The maximum atomic E-state index is 13.9. The lowest BCUT2D eigenvalue weighted by Gasteiger charge is -2.36. The topological polar surface area (TPSA) is 87.7 Å². The molecule has 2 atom stereocenters. The highest BCUT2D eigenvalue weighted by atomic mass is 16.6. The van der Waals surface area contributed by atoms with Crippen molar-refractivity contribution in [2.24, 2.45) is 5.92 Å². The van der Waals surface area contributed by atoms with Gasteiger partial charge in [-0.15, -0.1) is 0 Å². The highest BCUT2D eigenvalue weighted by Gasteiger charge is 2.38. The van der Waals surface area contributed by atoms with E-state index in [2.05, 4.69) is 10.6 Å². The van der Waals surface area contributed by atoms with Gasteiger partial charge < -0.3 is 20.3 Å². The number of nitrogens with one attached hydrogen (secondary N) is 2. The zero-order valence-electron chi connectivity index (χ0n) is 22.0. The summed E-state index contributed by atoms with van der Waals surface area (Å²) in [5.74, 6) is -0.732. The van der Waals surface area contributed by atoms with E-state index < -0.39 is 23.8 Å². The number of aryl methyl sites for hydroxylation is 2. The fourth-order valence-electron chi connectivity index (χ4n) is 3.78. The first-order valence-electron chi connectivity index (χ1n) is 11.9. The van der Waals surface area contributed by atoms with E-state index in [0.717, 1.165) is 16.7 Å². The number of hydrogen-bond donors (Lipinski definition) is 2. The van der Waals surface area contributed by atoms with E-state index in [1.54, 1.807) is 25.7 Å². The minimum absolute atomic E-state index is 0.0799. The molecule has 0 saturated carbocycles. The standard InChI is InChI=1S/C26H43N3O4/c1-11-15-29(24(31)21(16(2)3)28-25(32)33-26(8,9)10)22(23(30)27-17(4)5)20-18(6)13-12-14-19(20)7/h12-14,16-17,21-22H,11,15H2,1-10H3,(H,27,30)(H,28,32). The van der Waals surface area contributed by atoms with Gasteiger partial charge in [0.05, 0.1) is 0 Å². The number of alkyl carbamates (subject to hydrolysis) is 1. The molecule has 0 aliphatic carbocycles. The number of nitrogens with zero attached hydrogens (tertiary/aromatic N) is 1. The number of hydrogen-bond acceptors (Lipinski definition) is 4. The summed E-state index contributed by atoms with van der Waals surface area (Å²) in [4.78, 5) is 41.5. The summed E-state index contributed by atoms with van der Waals surface area (Å²) >= 11 is 0. The van der Waals surface area contributed by atoms with Crippen molar-refractivity contribution in [1.29, 1.82) is 0 Å². The van der Waals surface area contributed by atoms with Crippen molar-refractivity contribution in [3.05, 3.63) is 34.9 Å². The summed E-state index contributed by atoms with van der Waals surface area (Å²) in [6, 6.07) is 4.13. The molecule has 0 spiro atoms. The number of benzene rings is 1. The highest BCUT2D eigenvalue weighted by Crippen LogP contribution is 2.29. The number of amides is 3. The second kappa shape index (κ2) is 12.1. The summed E-state index contributed by atoms with van der Waals surface area (Å²) in [6.07, 6.45) is 0.0144. The molecular formula is C26H43N3O4. The predicted molar refractivity (Wildman–Crippen MR) is 132 cm³/mol. The van der Waals surface area contributed by atoms with Crippen LogP contribution in [0.1, 0.15) is 84.5 Å². The van der Waals surface area contributed by atoms with Crippen molar-refractivity contribution in [1.82, 2.24) is 15.5 Å². The average molecular weight is 462 g/mol. The first-order valence-corrected chi connectivity index (χ1v) is 11.9. The van der Waals surface area contributed by atoms with Crippen LogP contribution in [0.15, 0.2) is 18.2 Å². The Morgan fingerprint density at radius 1 is 1.00 bits per heavy atom. The Hall–Kier alpha value is -2.57. The second-order valence-corrected chi connectivity index (χ2v) is 10.3. The van der Waals surface area contributed by atoms with Crippen molar-refractivity contribution in [3.63, 3.8) is 0 Å². The third-order valence-electron chi connectivity index (χ3n) is 5.16. The normalized spacial score (nSPS) is 13.5. The van der Waals surface area contributed by atoms with E-state index in [1.165, 1.54) is 0 Å². The van der Waals surface area contributed by atoms with Gasteiger partial charge in [0.15, 0.2) is 0 Å². The van der Waals surface area contributed by atoms with Crippen molar-refractivity contribution < 1.29 is 19.1 Å². The van der Waals surface area contributed by atoms with Gasteiger partial charge in [-0.2, -0.15) is 0 Å². The molecule has 0 saturated heterocycles. The molecule has 1 aromatic carbocycles. The zero-order chi connectivity index (χ0) is 25.5. The average Bonchev–Trinajstić information content (AvgIpc) is 2.65. The monoisotopic (exact) mass is 461 g/mol. The van der Waals surface area contributed by atoms with Crippen LogP contribution in [0, 0.1) is 19.8 Å². The van der Waals surface area contributed by atoms with Crippen LogP contribution >= 0.6 is 0 Å². The van der Waals surface area contributed by atoms with Gasteiger partial charge in [0.2, 0.25) is 11.8 Å². The number of rotatable bonds is 9. The third-order valence-corrected chi connectivity index (χ3v) is 5.16. The van der Waals surface area contributed by atoms with Crippen LogP contribution in [0.25, 0.3) is 0 Å². The summed E-state index contributed by atoms with van der Waals surface area (Å²) in [5, 5.41) is 5.73. The van der Waals surface area contributed by atoms with Gasteiger partial charge in [0, 0.05) is 12.6 Å². The molecule has 1 aromatic rings. The molecule has 7 nitrogen and oxygen atoms in total. The molecule has 2 unspecified atom stereocenters. The maximum Gasteiger partial charge on any atom is 0.408 e. The molecular weight excluding hydrogens is 418 g/mol. The van der Waals surface area contributed by atoms with E-state index in [9.17, 15) is 14.4 Å². The number of carbonyl (C=O) groups is 3. The van der Waals surface area contributed by atoms with E-state index >= 15 is 0 Å². The van der Waals surface area contributed by atoms with Crippen LogP contribution in [0.3, 0.4) is 0 Å². The molecule has 7 heteroatoms. The van der Waals surface area contributed by atoms with Gasteiger partial charge >= 0.3 is 6.09 Å². The van der Waals surface area contributed by atoms with Crippen molar-refractivity contribution in [2.45, 2.75) is 99.4 Å². The van der Waals surface area contributed by atoms with Crippen LogP contribution in [0.4, 0.5) is 4.79 Å². The predicted octanol–water partition coefficient (Wildman–Crippen LogP) is 4.66. The number of carbonyl (C=O) groups excluding carboxylic acids is 3. The van der Waals surface area contributed by atoms with Crippen LogP contribution in [-0.4, -0.2) is 47.0 Å². The van der Waals surface area contributed by atoms with Crippen LogP contribution in [-0.2, 0) is 14.3 Å². The molecule has 186 valence electrons. The highest BCUT2D eigenvalue weighted by molar-refractivity contribution is 5.92. The van der Waals surface area contributed by atoms with E-state index in [1.807, 2.05) is 66.7 Å². The van der Waals surface area contributed by atoms with Gasteiger partial charge in [-0.3, -0.25) is 9.59 Å². The lowest BCUT2D eigenvalue weighted by Crippen LogP contribution is -2.55. The SMILES string of the molecule is CCCN(C(=O)C(NC(=O)OC(C)(C)C)C(C)C)C(C(=O)NC(C)C)c1c(C)cccc1C. The molecule has 2 N–H and O–H groups in total. The fourth-order valence-corrected chi connectivity index (χ4v) is 3.78. The zero-order valence-corrected chi connectivity index (χ0v) is 22.0. The second-order valence-electron chi connectivity index (χ2n) is 10.3. The van der Waals surface area contributed by atoms with E-state index in [0.29, 0.717) is 13.0 Å². The largest absolute Gasteiger partial charge is 0.444 e. The first-order chi connectivity index (χ1) is 15.2. The minimum Gasteiger partial charge on any atom is -0.444 e. The van der Waals surface area contributed by atoms with Crippen molar-refractivity contribution in [2.75, 3.05) is 6.54 Å². The lowest BCUT2D eigenvalue weighted by molar-refractivity contribution is -0.143. The molecule has 33 heavy (non-hydrogen) atoms. The quantitative estimate of drug-likeness (QED) is 0.560. The van der Waals surface area contributed by atoms with Gasteiger partial charge in [0.1, 0.15) is 17.7 Å². The minimum atomic E-state index is -0.829. The molecule has 0 aliphatic rings. The maximum absolute atomic E-state index is 13.9. The molecule has 0 heterocycles. The Bertz CT molecular complexity index is 807. The fraction of sp³-hybridized carbons (Fsp3) is 0.654. The van der Waals surface area contributed by atoms with Gasteiger partial charge in [0.25, 0.3) is 0 Å². The molecule has 0 fully saturated rings. The number of ether oxygens (including phenoxy) is 1. The molecule has 0 aromatic heterocycles. The lowest BCUT2D eigenvalue weighted by atomic mass is 9.92. The summed E-state index contributed by atoms with van der Waals surface area (Å²) < 4.78 is 5.39. The molecule has 0 bridgehead atoms. The Morgan fingerprint density at radius 2 is 1.55 bits per heavy atom. The first kappa shape index (κ1) is 28.5. The molecule has 0 aliphatic heterocycles. The van der Waals surface area contributed by atoms with E-state index in [-0.39, 0.29) is 23.8 Å². The van der Waals surface area contributed by atoms with Crippen LogP contribution in [0.2, 0.25) is 0 Å². The van der Waals surface area contributed by atoms with Gasteiger partial charge in [-0.05, 0) is 77.5 Å². The Kier molecular flexibility index (Phi) is 10.4. The van der Waals surface area contributed by atoms with Crippen LogP contribution < -0.4 is 10.6 Å². The smallest absolute Gasteiger partial charge is 0.408 e. The van der Waals surface area contributed by atoms with Crippen LogP contribution in [0.5, 0.6) is 0 Å². The van der Waals surface area contributed by atoms with Crippen molar-refractivity contribution >= 4 is 17.9 Å². The molecule has 0 radical (unpaired) electrons. The summed E-state index contributed by atoms with van der Waals surface area (Å²) in [6.45, 7) is 19.1. The molecule has 3 amide bonds. The van der Waals surface area contributed by atoms with E-state index in [4.69, 9.17) is 4.74 Å². The van der Waals surface area contributed by atoms with Crippen molar-refractivity contribution in [3.8, 4) is 0 Å². The Balaban J connectivity index is 3.50. The third kappa shape index (κ3) is 8.37. The molecule has 1 rings (SSSR count). The Morgan fingerprint density at radius 3 is 1.97 bits per heavy atom. The Labute approximate surface area is 199 Å².